The molecular weight excluding hydrogens is 398 g/mol. The molecule has 156 valence electrons. The number of hydrogen-bond acceptors (Lipinski definition) is 4. The summed E-state index contributed by atoms with van der Waals surface area (Å²) >= 11 is 0. The van der Waals surface area contributed by atoms with Gasteiger partial charge in [0.2, 0.25) is 15.9 Å². The Labute approximate surface area is 176 Å². The van der Waals surface area contributed by atoms with Crippen LogP contribution in [0.15, 0.2) is 53.4 Å². The first-order valence-electron chi connectivity index (χ1n) is 10.1. The summed E-state index contributed by atoms with van der Waals surface area (Å²) in [5.74, 6) is -0.0922. The van der Waals surface area contributed by atoms with Gasteiger partial charge in [0.25, 0.3) is 0 Å². The van der Waals surface area contributed by atoms with Crippen LogP contribution < -0.4 is 10.0 Å². The molecule has 0 saturated heterocycles. The Hall–Kier alpha value is -2.77. The summed E-state index contributed by atoms with van der Waals surface area (Å²) in [4.78, 5) is 17.4. The minimum absolute atomic E-state index is 0.0745. The van der Waals surface area contributed by atoms with Crippen molar-refractivity contribution < 1.29 is 13.2 Å². The zero-order chi connectivity index (χ0) is 21.3. The monoisotopic (exact) mass is 423 g/mol. The molecule has 0 atom stereocenters. The molecule has 0 spiro atoms. The Kier molecular flexibility index (Phi) is 5.58. The number of sulfonamides is 1. The molecule has 2 aromatic carbocycles. The van der Waals surface area contributed by atoms with Crippen molar-refractivity contribution in [3.8, 4) is 0 Å². The SMILES string of the molecule is Cc1nc2ccccc2c(C)c1CC(=O)NCc1ccc(S(=O)(=O)NC2CC2)cc1. The average molecular weight is 424 g/mol. The molecule has 1 saturated carbocycles. The Morgan fingerprint density at radius 1 is 1.07 bits per heavy atom. The van der Waals surface area contributed by atoms with Gasteiger partial charge in [0.05, 0.1) is 16.8 Å². The van der Waals surface area contributed by atoms with Crippen molar-refractivity contribution in [2.24, 2.45) is 0 Å². The molecule has 1 heterocycles. The Morgan fingerprint density at radius 3 is 2.47 bits per heavy atom. The van der Waals surface area contributed by atoms with Gasteiger partial charge in [-0.2, -0.15) is 0 Å². The van der Waals surface area contributed by atoms with Crippen molar-refractivity contribution in [1.29, 1.82) is 0 Å². The predicted octanol–water partition coefficient (Wildman–Crippen LogP) is 3.15. The fraction of sp³-hybridized carbons (Fsp3) is 0.304. The van der Waals surface area contributed by atoms with Crippen LogP contribution in [-0.4, -0.2) is 25.4 Å². The number of fused-ring (bicyclic) bond motifs is 1. The highest BCUT2D eigenvalue weighted by molar-refractivity contribution is 7.89. The number of nitrogens with zero attached hydrogens (tertiary/aromatic N) is 1. The smallest absolute Gasteiger partial charge is 0.240 e. The van der Waals surface area contributed by atoms with E-state index in [1.54, 1.807) is 24.3 Å². The molecule has 1 aliphatic carbocycles. The summed E-state index contributed by atoms with van der Waals surface area (Å²) in [6, 6.07) is 14.6. The number of para-hydroxylation sites is 1. The third-order valence-corrected chi connectivity index (χ3v) is 6.98. The fourth-order valence-electron chi connectivity index (χ4n) is 3.53. The van der Waals surface area contributed by atoms with Gasteiger partial charge in [-0.1, -0.05) is 30.3 Å². The zero-order valence-corrected chi connectivity index (χ0v) is 17.9. The van der Waals surface area contributed by atoms with Gasteiger partial charge in [0.15, 0.2) is 0 Å². The van der Waals surface area contributed by atoms with E-state index in [0.717, 1.165) is 46.1 Å². The number of benzene rings is 2. The Morgan fingerprint density at radius 2 is 1.77 bits per heavy atom. The maximum absolute atomic E-state index is 12.5. The van der Waals surface area contributed by atoms with Crippen molar-refractivity contribution >= 4 is 26.8 Å². The number of carbonyl (C=O) groups excluding carboxylic acids is 1. The van der Waals surface area contributed by atoms with E-state index in [4.69, 9.17) is 0 Å². The van der Waals surface area contributed by atoms with E-state index in [2.05, 4.69) is 15.0 Å². The molecule has 1 amide bonds. The minimum atomic E-state index is -3.46. The van der Waals surface area contributed by atoms with E-state index < -0.39 is 10.0 Å². The first-order valence-corrected chi connectivity index (χ1v) is 11.5. The van der Waals surface area contributed by atoms with Crippen LogP contribution in [0.4, 0.5) is 0 Å². The molecule has 0 bridgehead atoms. The van der Waals surface area contributed by atoms with Crippen LogP contribution in [-0.2, 0) is 27.8 Å². The number of rotatable bonds is 7. The van der Waals surface area contributed by atoms with E-state index >= 15 is 0 Å². The molecule has 3 aromatic rings. The van der Waals surface area contributed by atoms with Crippen molar-refractivity contribution in [1.82, 2.24) is 15.0 Å². The van der Waals surface area contributed by atoms with Crippen molar-refractivity contribution in [3.05, 3.63) is 70.9 Å². The second-order valence-electron chi connectivity index (χ2n) is 7.81. The molecular formula is C23H25N3O3S. The van der Waals surface area contributed by atoms with Crippen LogP contribution in [0, 0.1) is 13.8 Å². The summed E-state index contributed by atoms with van der Waals surface area (Å²) in [7, 11) is -3.46. The number of aryl methyl sites for hydroxylation is 2. The van der Waals surface area contributed by atoms with Crippen LogP contribution in [0.3, 0.4) is 0 Å². The van der Waals surface area contributed by atoms with Crippen LogP contribution in [0.2, 0.25) is 0 Å². The number of amides is 1. The molecule has 1 fully saturated rings. The molecule has 2 N–H and O–H groups in total. The normalized spacial score (nSPS) is 14.1. The molecule has 1 aromatic heterocycles. The second-order valence-corrected chi connectivity index (χ2v) is 9.52. The number of hydrogen-bond donors (Lipinski definition) is 2. The molecule has 4 rings (SSSR count). The zero-order valence-electron chi connectivity index (χ0n) is 17.1. The topological polar surface area (TPSA) is 88.2 Å². The minimum Gasteiger partial charge on any atom is -0.352 e. The molecule has 6 nitrogen and oxygen atoms in total. The first-order chi connectivity index (χ1) is 14.3. The van der Waals surface area contributed by atoms with E-state index in [1.807, 2.05) is 38.1 Å². The molecule has 0 unspecified atom stereocenters. The van der Waals surface area contributed by atoms with Crippen LogP contribution in [0.1, 0.15) is 35.2 Å². The largest absolute Gasteiger partial charge is 0.352 e. The summed E-state index contributed by atoms with van der Waals surface area (Å²) in [5.41, 5.74) is 4.66. The third-order valence-electron chi connectivity index (χ3n) is 5.45. The van der Waals surface area contributed by atoms with Gasteiger partial charge in [0, 0.05) is 23.7 Å². The third kappa shape index (κ3) is 4.52. The quantitative estimate of drug-likeness (QED) is 0.611. The van der Waals surface area contributed by atoms with Crippen LogP contribution in [0.25, 0.3) is 10.9 Å². The lowest BCUT2D eigenvalue weighted by molar-refractivity contribution is -0.120. The number of aromatic nitrogens is 1. The highest BCUT2D eigenvalue weighted by Gasteiger charge is 2.27. The summed E-state index contributed by atoms with van der Waals surface area (Å²) in [6.45, 7) is 4.29. The number of nitrogens with one attached hydrogen (secondary N) is 2. The fourth-order valence-corrected chi connectivity index (χ4v) is 4.83. The van der Waals surface area contributed by atoms with Crippen molar-refractivity contribution in [2.75, 3.05) is 0 Å². The van der Waals surface area contributed by atoms with Gasteiger partial charge >= 0.3 is 0 Å². The standard InChI is InChI=1S/C23H25N3O3S/c1-15-20-5-3-4-6-22(20)25-16(2)21(15)13-23(27)24-14-17-7-11-19(12-8-17)30(28,29)26-18-9-10-18/h3-8,11-12,18,26H,9-10,13-14H2,1-2H3,(H,24,27). The van der Waals surface area contributed by atoms with E-state index in [0.29, 0.717) is 6.54 Å². The Bertz CT molecular complexity index is 1200. The molecule has 0 aliphatic heterocycles. The molecule has 0 radical (unpaired) electrons. The van der Waals surface area contributed by atoms with Crippen molar-refractivity contribution in [3.63, 3.8) is 0 Å². The Balaban J connectivity index is 1.40. The summed E-state index contributed by atoms with van der Waals surface area (Å²) < 4.78 is 27.1. The first kappa shape index (κ1) is 20.5. The predicted molar refractivity (Wildman–Crippen MR) is 117 cm³/mol. The molecule has 1 aliphatic rings. The van der Waals surface area contributed by atoms with Crippen molar-refractivity contribution in [2.45, 2.75) is 50.6 Å². The lowest BCUT2D eigenvalue weighted by Crippen LogP contribution is -2.26. The maximum Gasteiger partial charge on any atom is 0.240 e. The van der Waals surface area contributed by atoms with Gasteiger partial charge in [-0.15, -0.1) is 0 Å². The average Bonchev–Trinajstić information content (AvgIpc) is 3.53. The van der Waals surface area contributed by atoms with Gasteiger partial charge in [-0.3, -0.25) is 9.78 Å². The highest BCUT2D eigenvalue weighted by Crippen LogP contribution is 2.23. The van der Waals surface area contributed by atoms with Crippen LogP contribution >= 0.6 is 0 Å². The molecule has 7 heteroatoms. The van der Waals surface area contributed by atoms with Gasteiger partial charge < -0.3 is 5.32 Å². The maximum atomic E-state index is 12.5. The highest BCUT2D eigenvalue weighted by atomic mass is 32.2. The summed E-state index contributed by atoms with van der Waals surface area (Å²) in [6.07, 6.45) is 2.05. The van der Waals surface area contributed by atoms with Gasteiger partial charge in [0.1, 0.15) is 0 Å². The van der Waals surface area contributed by atoms with E-state index in [1.165, 1.54) is 0 Å². The second kappa shape index (κ2) is 8.16. The van der Waals surface area contributed by atoms with Gasteiger partial charge in [-0.05, 0) is 61.6 Å². The molecule has 30 heavy (non-hydrogen) atoms. The van der Waals surface area contributed by atoms with E-state index in [9.17, 15) is 13.2 Å². The number of pyridine rings is 1. The lowest BCUT2D eigenvalue weighted by Gasteiger charge is -2.13. The van der Waals surface area contributed by atoms with Gasteiger partial charge in [-0.25, -0.2) is 13.1 Å². The van der Waals surface area contributed by atoms with Crippen LogP contribution in [0.5, 0.6) is 0 Å². The number of carbonyl (C=O) groups is 1. The lowest BCUT2D eigenvalue weighted by atomic mass is 9.99. The summed E-state index contributed by atoms with van der Waals surface area (Å²) in [5, 5.41) is 3.98. The van der Waals surface area contributed by atoms with E-state index in [-0.39, 0.29) is 23.3 Å².